The van der Waals surface area contributed by atoms with Crippen molar-refractivity contribution in [3.8, 4) is 23.2 Å². The fraction of sp³-hybridized carbons (Fsp3) is 0.300. The van der Waals surface area contributed by atoms with Crippen LogP contribution in [0.2, 0.25) is 0 Å². The minimum atomic E-state index is 0.347. The molecule has 3 aromatic rings. The van der Waals surface area contributed by atoms with Gasteiger partial charge in [-0.1, -0.05) is 30.3 Å². The number of aromatic nitrogens is 3. The largest absolute Gasteiger partial charge is 0.337 e. The second kappa shape index (κ2) is 5.68. The summed E-state index contributed by atoms with van der Waals surface area (Å²) in [6, 6.07) is 10.1. The molecule has 24 heavy (non-hydrogen) atoms. The van der Waals surface area contributed by atoms with Crippen LogP contribution >= 0.6 is 0 Å². The number of nitrogens with zero attached hydrogens (tertiary/aromatic N) is 3. The lowest BCUT2D eigenvalue weighted by Crippen LogP contribution is -2.12. The molecule has 2 heterocycles. The van der Waals surface area contributed by atoms with Gasteiger partial charge in [-0.25, -0.2) is 14.6 Å². The summed E-state index contributed by atoms with van der Waals surface area (Å²) >= 11 is 0. The van der Waals surface area contributed by atoms with E-state index in [2.05, 4.69) is 18.8 Å². The molecule has 2 aromatic heterocycles. The van der Waals surface area contributed by atoms with E-state index >= 15 is 0 Å². The molecule has 1 aromatic carbocycles. The number of fused-ring (bicyclic) bond motifs is 1. The molecule has 0 saturated heterocycles. The highest BCUT2D eigenvalue weighted by Gasteiger charge is 2.23. The molecule has 0 aliphatic heterocycles. The third kappa shape index (κ3) is 2.25. The predicted octanol–water partition coefficient (Wildman–Crippen LogP) is 3.70. The lowest BCUT2D eigenvalue weighted by molar-refractivity contribution is 0.628. The molecule has 4 rings (SSSR count). The molecular weight excluding hydrogens is 296 g/mol. The van der Waals surface area contributed by atoms with Gasteiger partial charge in [-0.3, -0.25) is 0 Å². The molecule has 120 valence electrons. The van der Waals surface area contributed by atoms with Gasteiger partial charge in [0.15, 0.2) is 11.5 Å². The standard InChI is InChI=1S/C20H20N4/c1-13-14(2)24(21)20-17(13)18(15-9-5-3-6-10-15)22-19(23-20)16-11-7-4-8-12-16/h4,7-8,11-12,15H,5,9-10,21H2,1-2H3. The summed E-state index contributed by atoms with van der Waals surface area (Å²) in [6.07, 6.45) is 2.83. The van der Waals surface area contributed by atoms with Gasteiger partial charge in [0, 0.05) is 35.4 Å². The van der Waals surface area contributed by atoms with Crippen LogP contribution in [0.1, 0.15) is 42.1 Å². The Hall–Kier alpha value is -2.80. The molecule has 0 radical (unpaired) electrons. The minimum absolute atomic E-state index is 0.347. The maximum absolute atomic E-state index is 6.28. The first-order chi connectivity index (χ1) is 11.7. The molecule has 0 bridgehead atoms. The van der Waals surface area contributed by atoms with E-state index in [0.29, 0.717) is 5.92 Å². The van der Waals surface area contributed by atoms with E-state index in [0.717, 1.165) is 53.1 Å². The second-order valence-corrected chi connectivity index (χ2v) is 6.37. The van der Waals surface area contributed by atoms with Crippen molar-refractivity contribution in [2.75, 3.05) is 5.84 Å². The van der Waals surface area contributed by atoms with Gasteiger partial charge in [0.1, 0.15) is 0 Å². The van der Waals surface area contributed by atoms with E-state index in [1.807, 2.05) is 37.3 Å². The lowest BCUT2D eigenvalue weighted by Gasteiger charge is -2.17. The monoisotopic (exact) mass is 316 g/mol. The van der Waals surface area contributed by atoms with Crippen LogP contribution < -0.4 is 5.84 Å². The quantitative estimate of drug-likeness (QED) is 0.579. The third-order valence-corrected chi connectivity index (χ3v) is 4.94. The Bertz CT molecular complexity index is 974. The fourth-order valence-corrected chi connectivity index (χ4v) is 3.40. The van der Waals surface area contributed by atoms with Crippen LogP contribution in [-0.4, -0.2) is 14.6 Å². The van der Waals surface area contributed by atoms with Crippen LogP contribution in [0.4, 0.5) is 0 Å². The Morgan fingerprint density at radius 2 is 1.92 bits per heavy atom. The molecule has 4 nitrogen and oxygen atoms in total. The molecule has 0 amide bonds. The summed E-state index contributed by atoms with van der Waals surface area (Å²) < 4.78 is 1.69. The molecule has 4 heteroatoms. The molecule has 1 aliphatic carbocycles. The van der Waals surface area contributed by atoms with Gasteiger partial charge in [-0.05, 0) is 25.8 Å². The molecule has 1 aliphatic rings. The van der Waals surface area contributed by atoms with Crippen molar-refractivity contribution in [2.45, 2.75) is 39.0 Å². The normalized spacial score (nSPS) is 16.8. The van der Waals surface area contributed by atoms with Crippen molar-refractivity contribution in [1.82, 2.24) is 14.6 Å². The van der Waals surface area contributed by atoms with E-state index in [4.69, 9.17) is 15.8 Å². The van der Waals surface area contributed by atoms with Crippen LogP contribution in [0.25, 0.3) is 22.4 Å². The van der Waals surface area contributed by atoms with E-state index in [1.165, 1.54) is 5.56 Å². The average Bonchev–Trinajstić information content (AvgIpc) is 2.87. The van der Waals surface area contributed by atoms with E-state index < -0.39 is 0 Å². The molecule has 1 atom stereocenters. The van der Waals surface area contributed by atoms with Gasteiger partial charge < -0.3 is 5.84 Å². The molecular formula is C20H20N4. The van der Waals surface area contributed by atoms with Crippen molar-refractivity contribution in [3.05, 3.63) is 47.3 Å². The SMILES string of the molecule is Cc1c(C)n(N)c2nc(-c3ccccc3)nc(C3CC#CCC3)c12. The first kappa shape index (κ1) is 14.8. The van der Waals surface area contributed by atoms with Gasteiger partial charge >= 0.3 is 0 Å². The van der Waals surface area contributed by atoms with Crippen molar-refractivity contribution in [2.24, 2.45) is 0 Å². The zero-order chi connectivity index (χ0) is 16.7. The highest BCUT2D eigenvalue weighted by atomic mass is 15.3. The van der Waals surface area contributed by atoms with E-state index in [-0.39, 0.29) is 0 Å². The second-order valence-electron chi connectivity index (χ2n) is 6.37. The van der Waals surface area contributed by atoms with Crippen LogP contribution in [0.15, 0.2) is 30.3 Å². The van der Waals surface area contributed by atoms with Crippen molar-refractivity contribution >= 4 is 11.0 Å². The average molecular weight is 316 g/mol. The van der Waals surface area contributed by atoms with Crippen molar-refractivity contribution in [1.29, 1.82) is 0 Å². The number of rotatable bonds is 2. The number of nitrogens with two attached hydrogens (primary N) is 1. The Labute approximate surface area is 141 Å². The van der Waals surface area contributed by atoms with Crippen molar-refractivity contribution in [3.63, 3.8) is 0 Å². The lowest BCUT2D eigenvalue weighted by atomic mass is 9.90. The van der Waals surface area contributed by atoms with Crippen LogP contribution in [0, 0.1) is 25.7 Å². The highest BCUT2D eigenvalue weighted by Crippen LogP contribution is 2.35. The minimum Gasteiger partial charge on any atom is -0.337 e. The number of benzene rings is 1. The van der Waals surface area contributed by atoms with Crippen LogP contribution in [0.5, 0.6) is 0 Å². The maximum Gasteiger partial charge on any atom is 0.163 e. The molecule has 1 unspecified atom stereocenters. The Morgan fingerprint density at radius 3 is 2.62 bits per heavy atom. The highest BCUT2D eigenvalue weighted by molar-refractivity contribution is 5.86. The summed E-state index contributed by atoms with van der Waals surface area (Å²) in [5, 5.41) is 1.10. The first-order valence-electron chi connectivity index (χ1n) is 8.32. The maximum atomic E-state index is 6.28. The van der Waals surface area contributed by atoms with Gasteiger partial charge in [0.2, 0.25) is 0 Å². The summed E-state index contributed by atoms with van der Waals surface area (Å²) in [5.74, 6) is 13.8. The first-order valence-corrected chi connectivity index (χ1v) is 8.32. The Morgan fingerprint density at radius 1 is 1.12 bits per heavy atom. The van der Waals surface area contributed by atoms with Crippen molar-refractivity contribution < 1.29 is 0 Å². The molecule has 0 saturated carbocycles. The molecule has 2 N–H and O–H groups in total. The van der Waals surface area contributed by atoms with E-state index in [1.54, 1.807) is 4.68 Å². The van der Waals surface area contributed by atoms with Gasteiger partial charge in [0.05, 0.1) is 5.69 Å². The topological polar surface area (TPSA) is 56.7 Å². The van der Waals surface area contributed by atoms with Gasteiger partial charge in [-0.15, -0.1) is 11.8 Å². The van der Waals surface area contributed by atoms with Crippen LogP contribution in [-0.2, 0) is 0 Å². The zero-order valence-corrected chi connectivity index (χ0v) is 14.0. The summed E-state index contributed by atoms with van der Waals surface area (Å²) in [6.45, 7) is 4.13. The summed E-state index contributed by atoms with van der Waals surface area (Å²) in [5.41, 5.74) is 5.12. The van der Waals surface area contributed by atoms with Gasteiger partial charge in [0.25, 0.3) is 0 Å². The fourth-order valence-electron chi connectivity index (χ4n) is 3.40. The Balaban J connectivity index is 2.01. The zero-order valence-electron chi connectivity index (χ0n) is 14.0. The third-order valence-electron chi connectivity index (χ3n) is 4.94. The molecule has 0 fully saturated rings. The van der Waals surface area contributed by atoms with Crippen LogP contribution in [0.3, 0.4) is 0 Å². The number of hydrogen-bond donors (Lipinski definition) is 1. The number of aryl methyl sites for hydroxylation is 1. The predicted molar refractivity (Wildman–Crippen MR) is 97.0 cm³/mol. The number of hydrogen-bond acceptors (Lipinski definition) is 3. The summed E-state index contributed by atoms with van der Waals surface area (Å²) in [4.78, 5) is 9.74. The smallest absolute Gasteiger partial charge is 0.163 e. The molecule has 0 spiro atoms. The number of nitrogen functional groups attached to an aromatic ring is 1. The summed E-state index contributed by atoms with van der Waals surface area (Å²) in [7, 11) is 0. The van der Waals surface area contributed by atoms with Gasteiger partial charge in [-0.2, -0.15) is 0 Å². The van der Waals surface area contributed by atoms with E-state index in [9.17, 15) is 0 Å². The Kier molecular flexibility index (Phi) is 3.50.